The van der Waals surface area contributed by atoms with Crippen LogP contribution < -0.4 is 15.5 Å². The number of nitrogens with zero attached hydrogens (tertiary/aromatic N) is 1. The van der Waals surface area contributed by atoms with E-state index in [0.29, 0.717) is 0 Å². The highest BCUT2D eigenvalue weighted by Gasteiger charge is 2.10. The topological polar surface area (TPSA) is 27.3 Å². The van der Waals surface area contributed by atoms with E-state index in [9.17, 15) is 0 Å². The van der Waals surface area contributed by atoms with Gasteiger partial charge in [-0.15, -0.1) is 0 Å². The van der Waals surface area contributed by atoms with Crippen LogP contribution in [0.15, 0.2) is 30.3 Å². The number of rotatable bonds is 1. The molecule has 1 fully saturated rings. The van der Waals surface area contributed by atoms with Gasteiger partial charge in [-0.25, -0.2) is 0 Å². The summed E-state index contributed by atoms with van der Waals surface area (Å²) in [4.78, 5) is 2.27. The first-order chi connectivity index (χ1) is 9.25. The van der Waals surface area contributed by atoms with E-state index in [1.165, 1.54) is 5.69 Å². The van der Waals surface area contributed by atoms with Crippen molar-refractivity contribution in [3.8, 4) is 0 Å². The van der Waals surface area contributed by atoms with Crippen molar-refractivity contribution < 1.29 is 0 Å². The summed E-state index contributed by atoms with van der Waals surface area (Å²) < 4.78 is 1.67. The lowest BCUT2D eigenvalue weighted by Crippen LogP contribution is -2.30. The van der Waals surface area contributed by atoms with Crippen LogP contribution in [0.5, 0.6) is 0 Å². The number of nitrogens with one attached hydrogen (secondary N) is 2. The van der Waals surface area contributed by atoms with Crippen molar-refractivity contribution in [1.82, 2.24) is 10.6 Å². The molecule has 0 aliphatic carbocycles. The van der Waals surface area contributed by atoms with Gasteiger partial charge < -0.3 is 15.5 Å². The Morgan fingerprint density at radius 2 is 1.42 bits per heavy atom. The number of thiocarbonyl (C=S) groups is 2. The second-order valence-electron chi connectivity index (χ2n) is 3.85. The van der Waals surface area contributed by atoms with E-state index >= 15 is 0 Å². The fourth-order valence-corrected chi connectivity index (χ4v) is 3.60. The van der Waals surface area contributed by atoms with E-state index < -0.39 is 0 Å². The van der Waals surface area contributed by atoms with E-state index in [4.69, 9.17) is 24.4 Å². The summed E-state index contributed by atoms with van der Waals surface area (Å²) in [5.41, 5.74) is 1.19. The van der Waals surface area contributed by atoms with Crippen molar-refractivity contribution in [2.24, 2.45) is 0 Å². The summed E-state index contributed by atoms with van der Waals surface area (Å²) in [5.74, 6) is 1.65. The van der Waals surface area contributed by atoms with Crippen LogP contribution in [0.4, 0.5) is 5.69 Å². The molecule has 1 aliphatic heterocycles. The van der Waals surface area contributed by atoms with Gasteiger partial charge in [-0.3, -0.25) is 0 Å². The van der Waals surface area contributed by atoms with Crippen molar-refractivity contribution in [3.05, 3.63) is 30.3 Å². The SMILES string of the molecule is S=C1NCCNC(=S)SCN(c2ccccc2)CS1. The van der Waals surface area contributed by atoms with Crippen LogP contribution in [0.3, 0.4) is 0 Å². The maximum atomic E-state index is 5.29. The molecule has 1 aromatic carbocycles. The van der Waals surface area contributed by atoms with Crippen LogP contribution in [0, 0.1) is 0 Å². The highest BCUT2D eigenvalue weighted by molar-refractivity contribution is 8.23. The molecular weight excluding hydrogens is 314 g/mol. The molecular formula is C12H15N3S4. The normalized spacial score (nSPS) is 18.2. The van der Waals surface area contributed by atoms with Crippen LogP contribution >= 0.6 is 48.0 Å². The molecule has 1 aliphatic rings. The van der Waals surface area contributed by atoms with Crippen molar-refractivity contribution >= 4 is 62.3 Å². The molecule has 0 atom stereocenters. The average Bonchev–Trinajstić information content (AvgIpc) is 2.47. The Labute approximate surface area is 132 Å². The summed E-state index contributed by atoms with van der Waals surface area (Å²) in [6.45, 7) is 1.61. The van der Waals surface area contributed by atoms with Gasteiger partial charge in [0.2, 0.25) is 0 Å². The molecule has 2 N–H and O–H groups in total. The molecule has 1 heterocycles. The van der Waals surface area contributed by atoms with Crippen LogP contribution in [-0.4, -0.2) is 33.5 Å². The molecule has 3 nitrogen and oxygen atoms in total. The van der Waals surface area contributed by atoms with Gasteiger partial charge in [-0.05, 0) is 12.1 Å². The fourth-order valence-electron chi connectivity index (χ4n) is 1.53. The zero-order valence-electron chi connectivity index (χ0n) is 10.3. The van der Waals surface area contributed by atoms with Crippen LogP contribution in [-0.2, 0) is 0 Å². The number of anilines is 1. The summed E-state index contributed by atoms with van der Waals surface area (Å²) in [7, 11) is 0. The molecule has 0 saturated carbocycles. The quantitative estimate of drug-likeness (QED) is 0.765. The predicted octanol–water partition coefficient (Wildman–Crippen LogP) is 2.64. The van der Waals surface area contributed by atoms with E-state index in [-0.39, 0.29) is 0 Å². The Kier molecular flexibility index (Phi) is 6.22. The second kappa shape index (κ2) is 7.94. The number of hydrogen-bond acceptors (Lipinski definition) is 5. The second-order valence-corrected chi connectivity index (χ2v) is 7.09. The molecule has 0 amide bonds. The Morgan fingerprint density at radius 3 is 1.95 bits per heavy atom. The lowest BCUT2D eigenvalue weighted by atomic mass is 10.3. The maximum absolute atomic E-state index is 5.29. The highest BCUT2D eigenvalue weighted by atomic mass is 32.2. The minimum Gasteiger partial charge on any atom is -0.369 e. The number of para-hydroxylation sites is 1. The first-order valence-electron chi connectivity index (χ1n) is 5.87. The molecule has 7 heteroatoms. The smallest absolute Gasteiger partial charge is 0.135 e. The van der Waals surface area contributed by atoms with Gasteiger partial charge in [-0.2, -0.15) is 0 Å². The molecule has 2 rings (SSSR count). The van der Waals surface area contributed by atoms with Gasteiger partial charge in [0.15, 0.2) is 0 Å². The first-order valence-corrected chi connectivity index (χ1v) is 8.66. The third-order valence-electron chi connectivity index (χ3n) is 2.49. The molecule has 0 radical (unpaired) electrons. The largest absolute Gasteiger partial charge is 0.369 e. The highest BCUT2D eigenvalue weighted by Crippen LogP contribution is 2.20. The zero-order chi connectivity index (χ0) is 13.5. The van der Waals surface area contributed by atoms with E-state index in [1.807, 2.05) is 18.2 Å². The zero-order valence-corrected chi connectivity index (χ0v) is 13.6. The average molecular weight is 330 g/mol. The molecule has 0 unspecified atom stereocenters. The molecule has 19 heavy (non-hydrogen) atoms. The fraction of sp³-hybridized carbons (Fsp3) is 0.333. The van der Waals surface area contributed by atoms with Crippen molar-refractivity contribution in [3.63, 3.8) is 0 Å². The summed E-state index contributed by atoms with van der Waals surface area (Å²) >= 11 is 13.9. The summed E-state index contributed by atoms with van der Waals surface area (Å²) in [5, 5.41) is 6.42. The first kappa shape index (κ1) is 14.9. The lowest BCUT2D eigenvalue weighted by Gasteiger charge is -2.23. The molecule has 0 bridgehead atoms. The van der Waals surface area contributed by atoms with E-state index in [2.05, 4.69) is 27.7 Å². The Bertz CT molecular complexity index is 416. The third kappa shape index (κ3) is 5.18. The van der Waals surface area contributed by atoms with Crippen molar-refractivity contribution in [1.29, 1.82) is 0 Å². The minimum absolute atomic E-state index is 0.803. The molecule has 1 saturated heterocycles. The summed E-state index contributed by atoms with van der Waals surface area (Å²) in [6.07, 6.45) is 0. The van der Waals surface area contributed by atoms with Gasteiger partial charge in [0.05, 0.1) is 11.8 Å². The lowest BCUT2D eigenvalue weighted by molar-refractivity contribution is 0.833. The predicted molar refractivity (Wildman–Crippen MR) is 95.0 cm³/mol. The minimum atomic E-state index is 0.803. The van der Waals surface area contributed by atoms with Crippen molar-refractivity contribution in [2.75, 3.05) is 29.7 Å². The van der Waals surface area contributed by atoms with Gasteiger partial charge in [0, 0.05) is 18.8 Å². The van der Waals surface area contributed by atoms with Gasteiger partial charge in [-0.1, -0.05) is 66.2 Å². The number of thioether (sulfide) groups is 2. The van der Waals surface area contributed by atoms with Gasteiger partial charge >= 0.3 is 0 Å². The Morgan fingerprint density at radius 1 is 0.895 bits per heavy atom. The Hall–Kier alpha value is -0.500. The third-order valence-corrected chi connectivity index (χ3v) is 5.18. The van der Waals surface area contributed by atoms with Gasteiger partial charge in [0.1, 0.15) is 8.64 Å². The van der Waals surface area contributed by atoms with Crippen molar-refractivity contribution in [2.45, 2.75) is 0 Å². The molecule has 0 spiro atoms. The van der Waals surface area contributed by atoms with Crippen LogP contribution in [0.1, 0.15) is 0 Å². The van der Waals surface area contributed by atoms with Crippen LogP contribution in [0.25, 0.3) is 0 Å². The van der Waals surface area contributed by atoms with Crippen LogP contribution in [0.2, 0.25) is 0 Å². The maximum Gasteiger partial charge on any atom is 0.135 e. The number of hydrogen-bond donors (Lipinski definition) is 2. The standard InChI is InChI=1S/C12H15N3S4/c16-11-13-6-7-14-12(17)19-9-15(8-18-11)10-4-2-1-3-5-10/h1-5H,6-9H2,(H,13,16)(H,14,17). The summed E-state index contributed by atoms with van der Waals surface area (Å²) in [6, 6.07) is 10.3. The number of benzene rings is 1. The Balaban J connectivity index is 2.06. The molecule has 1 aromatic rings. The molecule has 102 valence electrons. The van der Waals surface area contributed by atoms with Gasteiger partial charge in [0.25, 0.3) is 0 Å². The van der Waals surface area contributed by atoms with E-state index in [0.717, 1.165) is 33.5 Å². The van der Waals surface area contributed by atoms with E-state index in [1.54, 1.807) is 23.5 Å². The molecule has 0 aromatic heterocycles. The monoisotopic (exact) mass is 329 g/mol.